The molecular weight excluding hydrogens is 523 g/mol. The normalized spacial score (nSPS) is 15.0. The van der Waals surface area contributed by atoms with Crippen LogP contribution in [0.15, 0.2) is 54.9 Å². The second kappa shape index (κ2) is 10.3. The first-order chi connectivity index (χ1) is 17.4. The third kappa shape index (κ3) is 4.79. The molecule has 36 heavy (non-hydrogen) atoms. The van der Waals surface area contributed by atoms with Crippen molar-refractivity contribution in [3.05, 3.63) is 64.9 Å². The summed E-state index contributed by atoms with van der Waals surface area (Å²) in [5, 5.41) is 1.18. The predicted octanol–water partition coefficient (Wildman–Crippen LogP) is 3.89. The Morgan fingerprint density at radius 2 is 1.69 bits per heavy atom. The van der Waals surface area contributed by atoms with Crippen molar-refractivity contribution >= 4 is 50.2 Å². The molecule has 9 nitrogen and oxygen atoms in total. The standard InChI is InChI=1S/C24H24Cl2N6O3S/c1-35-14-15-36(33,34)31-12-10-30(11-13-31)23-21-24(28-16-27-23)32(18-8-6-17(25)7-9-18)22(29-21)19-4-2-3-5-20(19)26/h2-9,16H,10-15H2,1H3. The molecule has 0 spiro atoms. The van der Waals surface area contributed by atoms with Gasteiger partial charge in [-0.05, 0) is 36.4 Å². The zero-order valence-electron chi connectivity index (χ0n) is 19.5. The maximum absolute atomic E-state index is 12.6. The van der Waals surface area contributed by atoms with Crippen LogP contribution in [0.2, 0.25) is 10.0 Å². The van der Waals surface area contributed by atoms with Gasteiger partial charge in [-0.2, -0.15) is 4.31 Å². The number of piperazine rings is 1. The summed E-state index contributed by atoms with van der Waals surface area (Å²) in [6, 6.07) is 14.9. The van der Waals surface area contributed by atoms with Crippen LogP contribution in [0.3, 0.4) is 0 Å². The molecule has 0 saturated carbocycles. The topological polar surface area (TPSA) is 93.5 Å². The van der Waals surface area contributed by atoms with Crippen molar-refractivity contribution in [3.63, 3.8) is 0 Å². The summed E-state index contributed by atoms with van der Waals surface area (Å²) < 4.78 is 33.5. The first kappa shape index (κ1) is 24.9. The fourth-order valence-corrected chi connectivity index (χ4v) is 5.97. The Balaban J connectivity index is 1.56. The van der Waals surface area contributed by atoms with E-state index in [4.69, 9.17) is 32.9 Å². The van der Waals surface area contributed by atoms with E-state index in [1.54, 1.807) is 0 Å². The summed E-state index contributed by atoms with van der Waals surface area (Å²) in [4.78, 5) is 16.1. The summed E-state index contributed by atoms with van der Waals surface area (Å²) in [6.45, 7) is 1.84. The van der Waals surface area contributed by atoms with Gasteiger partial charge in [0.25, 0.3) is 0 Å². The van der Waals surface area contributed by atoms with Gasteiger partial charge in [0.05, 0.1) is 17.4 Å². The Hall–Kier alpha value is -2.76. The van der Waals surface area contributed by atoms with Crippen LogP contribution in [0, 0.1) is 0 Å². The van der Waals surface area contributed by atoms with Crippen LogP contribution in [0.5, 0.6) is 0 Å². The second-order valence-corrected chi connectivity index (χ2v) is 11.2. The van der Waals surface area contributed by atoms with Crippen molar-refractivity contribution in [1.29, 1.82) is 0 Å². The van der Waals surface area contributed by atoms with E-state index in [1.165, 1.54) is 17.7 Å². The number of hydrogen-bond acceptors (Lipinski definition) is 7. The number of hydrogen-bond donors (Lipinski definition) is 0. The molecule has 0 bridgehead atoms. The highest BCUT2D eigenvalue weighted by molar-refractivity contribution is 7.89. The highest BCUT2D eigenvalue weighted by Gasteiger charge is 2.29. The van der Waals surface area contributed by atoms with Crippen LogP contribution >= 0.6 is 23.2 Å². The Bertz CT molecular complexity index is 1490. The van der Waals surface area contributed by atoms with E-state index < -0.39 is 10.0 Å². The van der Waals surface area contributed by atoms with Gasteiger partial charge in [0, 0.05) is 49.6 Å². The number of benzene rings is 2. The van der Waals surface area contributed by atoms with Crippen molar-refractivity contribution in [1.82, 2.24) is 23.8 Å². The minimum absolute atomic E-state index is 0.0338. The lowest BCUT2D eigenvalue weighted by atomic mass is 10.2. The van der Waals surface area contributed by atoms with Crippen LogP contribution in [0.1, 0.15) is 0 Å². The Kier molecular flexibility index (Phi) is 7.14. The number of halogens is 2. The van der Waals surface area contributed by atoms with Gasteiger partial charge in [-0.3, -0.25) is 4.57 Å². The maximum Gasteiger partial charge on any atom is 0.216 e. The van der Waals surface area contributed by atoms with Crippen molar-refractivity contribution in [2.45, 2.75) is 0 Å². The maximum atomic E-state index is 12.6. The van der Waals surface area contributed by atoms with Crippen molar-refractivity contribution < 1.29 is 13.2 Å². The summed E-state index contributed by atoms with van der Waals surface area (Å²) in [7, 11) is -1.88. The number of methoxy groups -OCH3 is 1. The quantitative estimate of drug-likeness (QED) is 0.347. The number of ether oxygens (including phenoxy) is 1. The Labute approximate surface area is 219 Å². The lowest BCUT2D eigenvalue weighted by Gasteiger charge is -2.34. The van der Waals surface area contributed by atoms with Gasteiger partial charge in [-0.15, -0.1) is 0 Å². The number of sulfonamides is 1. The van der Waals surface area contributed by atoms with Crippen LogP contribution in [0.25, 0.3) is 28.2 Å². The average molecular weight is 547 g/mol. The van der Waals surface area contributed by atoms with E-state index in [2.05, 4.69) is 9.97 Å². The van der Waals surface area contributed by atoms with Crippen molar-refractivity contribution in [2.24, 2.45) is 0 Å². The molecule has 188 valence electrons. The van der Waals surface area contributed by atoms with Gasteiger partial charge in [0.2, 0.25) is 10.0 Å². The minimum Gasteiger partial charge on any atom is -0.384 e. The molecule has 1 saturated heterocycles. The van der Waals surface area contributed by atoms with E-state index >= 15 is 0 Å². The summed E-state index contributed by atoms with van der Waals surface area (Å²) in [6.07, 6.45) is 1.50. The van der Waals surface area contributed by atoms with E-state index in [1.807, 2.05) is 58.0 Å². The summed E-state index contributed by atoms with van der Waals surface area (Å²) in [5.41, 5.74) is 2.81. The number of fused-ring (bicyclic) bond motifs is 1. The molecule has 3 heterocycles. The molecule has 2 aromatic carbocycles. The molecule has 12 heteroatoms. The van der Waals surface area contributed by atoms with Gasteiger partial charge in [0.15, 0.2) is 17.0 Å². The van der Waals surface area contributed by atoms with Gasteiger partial charge in [0.1, 0.15) is 12.2 Å². The van der Waals surface area contributed by atoms with Gasteiger partial charge in [-0.1, -0.05) is 35.3 Å². The van der Waals surface area contributed by atoms with Crippen LogP contribution < -0.4 is 4.90 Å². The lowest BCUT2D eigenvalue weighted by molar-refractivity contribution is 0.215. The fourth-order valence-electron chi connectivity index (χ4n) is 4.27. The lowest BCUT2D eigenvalue weighted by Crippen LogP contribution is -2.49. The number of rotatable bonds is 7. The molecule has 0 unspecified atom stereocenters. The van der Waals surface area contributed by atoms with Gasteiger partial charge in [-0.25, -0.2) is 23.4 Å². The Morgan fingerprint density at radius 1 is 0.972 bits per heavy atom. The SMILES string of the molecule is COCCS(=O)(=O)N1CCN(c2ncnc3c2nc(-c2ccccc2Cl)n3-c2ccc(Cl)cc2)CC1. The zero-order chi connectivity index (χ0) is 25.3. The first-order valence-electron chi connectivity index (χ1n) is 11.3. The zero-order valence-corrected chi connectivity index (χ0v) is 21.8. The van der Waals surface area contributed by atoms with Crippen LogP contribution in [-0.4, -0.2) is 77.9 Å². The molecule has 0 aliphatic carbocycles. The Morgan fingerprint density at radius 3 is 2.39 bits per heavy atom. The van der Waals surface area contributed by atoms with Gasteiger partial charge < -0.3 is 9.64 Å². The molecule has 0 radical (unpaired) electrons. The fraction of sp³-hybridized carbons (Fsp3) is 0.292. The third-order valence-electron chi connectivity index (χ3n) is 6.10. The molecule has 5 rings (SSSR count). The smallest absolute Gasteiger partial charge is 0.216 e. The molecule has 1 aliphatic heterocycles. The molecule has 0 amide bonds. The molecule has 1 aliphatic rings. The average Bonchev–Trinajstić information content (AvgIpc) is 3.28. The third-order valence-corrected chi connectivity index (χ3v) is 8.52. The number of imidazole rings is 1. The number of anilines is 1. The minimum atomic E-state index is -3.37. The van der Waals surface area contributed by atoms with E-state index in [9.17, 15) is 8.42 Å². The van der Waals surface area contributed by atoms with E-state index in [-0.39, 0.29) is 12.4 Å². The molecule has 2 aromatic heterocycles. The highest BCUT2D eigenvalue weighted by atomic mass is 35.5. The summed E-state index contributed by atoms with van der Waals surface area (Å²) in [5.74, 6) is 1.24. The monoisotopic (exact) mass is 546 g/mol. The number of nitrogens with zero attached hydrogens (tertiary/aromatic N) is 6. The molecule has 0 atom stereocenters. The second-order valence-electron chi connectivity index (χ2n) is 8.29. The van der Waals surface area contributed by atoms with Crippen molar-refractivity contribution in [3.8, 4) is 17.1 Å². The molecule has 4 aromatic rings. The molecule has 1 fully saturated rings. The molecule has 0 N–H and O–H groups in total. The molecular formula is C24H24Cl2N6O3S. The van der Waals surface area contributed by atoms with Crippen LogP contribution in [0.4, 0.5) is 5.82 Å². The van der Waals surface area contributed by atoms with E-state index in [0.717, 1.165) is 11.3 Å². The predicted molar refractivity (Wildman–Crippen MR) is 142 cm³/mol. The van der Waals surface area contributed by atoms with E-state index in [0.29, 0.717) is 59.0 Å². The van der Waals surface area contributed by atoms with Gasteiger partial charge >= 0.3 is 0 Å². The highest BCUT2D eigenvalue weighted by Crippen LogP contribution is 2.35. The first-order valence-corrected chi connectivity index (χ1v) is 13.7. The largest absolute Gasteiger partial charge is 0.384 e. The van der Waals surface area contributed by atoms with Crippen molar-refractivity contribution in [2.75, 3.05) is 50.5 Å². The number of aromatic nitrogens is 4. The van der Waals surface area contributed by atoms with Crippen LogP contribution in [-0.2, 0) is 14.8 Å². The summed E-state index contributed by atoms with van der Waals surface area (Å²) >= 11 is 12.7.